The van der Waals surface area contributed by atoms with Crippen molar-refractivity contribution >= 4 is 11.9 Å². The van der Waals surface area contributed by atoms with E-state index in [1.54, 1.807) is 7.11 Å². The van der Waals surface area contributed by atoms with Crippen LogP contribution in [-0.4, -0.2) is 30.6 Å². The van der Waals surface area contributed by atoms with Gasteiger partial charge in [-0.25, -0.2) is 0 Å². The van der Waals surface area contributed by atoms with Crippen molar-refractivity contribution < 1.29 is 19.4 Å². The number of carbonyl (C=O) groups excluding carboxylic acids is 1. The minimum Gasteiger partial charge on any atom is -0.496 e. The number of methoxy groups -OCH3 is 1. The molecule has 5 nitrogen and oxygen atoms in total. The molecule has 0 heterocycles. The molecule has 1 aromatic rings. The molecule has 22 heavy (non-hydrogen) atoms. The lowest BCUT2D eigenvalue weighted by Crippen LogP contribution is -2.26. The molecule has 5 heteroatoms. The van der Waals surface area contributed by atoms with Crippen LogP contribution in [-0.2, 0) is 16.0 Å². The zero-order valence-corrected chi connectivity index (χ0v) is 13.4. The molecule has 1 rings (SSSR count). The first-order valence-electron chi connectivity index (χ1n) is 7.65. The normalized spacial score (nSPS) is 10.3. The molecule has 2 N–H and O–H groups in total. The van der Waals surface area contributed by atoms with Crippen LogP contribution < -0.4 is 10.1 Å². The highest BCUT2D eigenvalue weighted by atomic mass is 16.5. The summed E-state index contributed by atoms with van der Waals surface area (Å²) in [5.74, 6) is 0.0435. The molecule has 0 aliphatic heterocycles. The molecule has 0 saturated carbocycles. The fourth-order valence-corrected chi connectivity index (χ4v) is 2.20. The number of ether oxygens (including phenoxy) is 1. The Morgan fingerprint density at radius 3 is 2.59 bits per heavy atom. The third-order valence-electron chi connectivity index (χ3n) is 3.48. The molecule has 0 radical (unpaired) electrons. The number of hydrogen-bond donors (Lipinski definition) is 2. The van der Waals surface area contributed by atoms with Crippen LogP contribution in [0.3, 0.4) is 0 Å². The molecule has 0 aliphatic rings. The van der Waals surface area contributed by atoms with Gasteiger partial charge in [0.25, 0.3) is 0 Å². The summed E-state index contributed by atoms with van der Waals surface area (Å²) in [6.07, 6.45) is 3.97. The van der Waals surface area contributed by atoms with Gasteiger partial charge in [0, 0.05) is 13.0 Å². The van der Waals surface area contributed by atoms with E-state index in [1.165, 1.54) is 0 Å². The molecule has 0 spiro atoms. The quantitative estimate of drug-likeness (QED) is 0.652. The minimum absolute atomic E-state index is 0.00329. The Morgan fingerprint density at radius 1 is 1.18 bits per heavy atom. The predicted octanol–water partition coefficient (Wildman–Crippen LogP) is 2.70. The average molecular weight is 307 g/mol. The zero-order chi connectivity index (χ0) is 16.4. The van der Waals surface area contributed by atoms with Crippen molar-refractivity contribution in [3.63, 3.8) is 0 Å². The maximum Gasteiger partial charge on any atom is 0.303 e. The van der Waals surface area contributed by atoms with Crippen LogP contribution in [0, 0.1) is 6.92 Å². The molecule has 122 valence electrons. The van der Waals surface area contributed by atoms with Gasteiger partial charge < -0.3 is 15.2 Å². The maximum absolute atomic E-state index is 11.8. The van der Waals surface area contributed by atoms with E-state index in [9.17, 15) is 9.59 Å². The fraction of sp³-hybridized carbons (Fsp3) is 0.529. The standard InChI is InChI=1S/C17H25NO4/c1-13-8-9-14(11-15(13)22-2)12-16(19)18-10-6-4-3-5-7-17(20)21/h8-9,11H,3-7,10,12H2,1-2H3,(H,18,19)(H,20,21). The summed E-state index contributed by atoms with van der Waals surface area (Å²) in [6.45, 7) is 2.60. The van der Waals surface area contributed by atoms with Crippen LogP contribution in [0.2, 0.25) is 0 Å². The minimum atomic E-state index is -0.748. The Labute approximate surface area is 131 Å². The number of carbonyl (C=O) groups is 2. The van der Waals surface area contributed by atoms with Crippen LogP contribution in [0.1, 0.15) is 43.2 Å². The van der Waals surface area contributed by atoms with Crippen molar-refractivity contribution in [1.82, 2.24) is 5.32 Å². The number of amides is 1. The van der Waals surface area contributed by atoms with E-state index in [0.29, 0.717) is 19.4 Å². The van der Waals surface area contributed by atoms with E-state index in [2.05, 4.69) is 5.32 Å². The molecule has 0 unspecified atom stereocenters. The molecule has 0 fully saturated rings. The summed E-state index contributed by atoms with van der Waals surface area (Å²) in [5, 5.41) is 11.4. The van der Waals surface area contributed by atoms with Crippen molar-refractivity contribution in [2.75, 3.05) is 13.7 Å². The number of benzene rings is 1. The van der Waals surface area contributed by atoms with Gasteiger partial charge in [-0.15, -0.1) is 0 Å². The molecule has 0 saturated heterocycles. The van der Waals surface area contributed by atoms with E-state index in [4.69, 9.17) is 9.84 Å². The number of aryl methyl sites for hydroxylation is 1. The number of aliphatic carboxylic acids is 1. The largest absolute Gasteiger partial charge is 0.496 e. The number of hydrogen-bond acceptors (Lipinski definition) is 3. The Morgan fingerprint density at radius 2 is 1.91 bits per heavy atom. The van der Waals surface area contributed by atoms with E-state index in [-0.39, 0.29) is 12.3 Å². The van der Waals surface area contributed by atoms with Crippen LogP contribution >= 0.6 is 0 Å². The number of carboxylic acids is 1. The Hall–Kier alpha value is -2.04. The summed E-state index contributed by atoms with van der Waals surface area (Å²) in [6, 6.07) is 5.77. The molecule has 0 aliphatic carbocycles. The van der Waals surface area contributed by atoms with E-state index < -0.39 is 5.97 Å². The number of unbranched alkanes of at least 4 members (excludes halogenated alkanes) is 3. The topological polar surface area (TPSA) is 75.6 Å². The zero-order valence-electron chi connectivity index (χ0n) is 13.4. The fourth-order valence-electron chi connectivity index (χ4n) is 2.20. The first-order chi connectivity index (χ1) is 10.5. The molecule has 1 aromatic carbocycles. The lowest BCUT2D eigenvalue weighted by Gasteiger charge is -2.08. The van der Waals surface area contributed by atoms with Gasteiger partial charge in [0.15, 0.2) is 0 Å². The van der Waals surface area contributed by atoms with Gasteiger partial charge in [-0.1, -0.05) is 25.0 Å². The molecular weight excluding hydrogens is 282 g/mol. The van der Waals surface area contributed by atoms with Crippen LogP contribution in [0.4, 0.5) is 0 Å². The monoisotopic (exact) mass is 307 g/mol. The number of rotatable bonds is 10. The lowest BCUT2D eigenvalue weighted by atomic mass is 10.1. The first-order valence-corrected chi connectivity index (χ1v) is 7.65. The SMILES string of the molecule is COc1cc(CC(=O)NCCCCCCC(=O)O)ccc1C. The van der Waals surface area contributed by atoms with E-state index in [1.807, 2.05) is 25.1 Å². The van der Waals surface area contributed by atoms with Crippen molar-refractivity contribution in [3.8, 4) is 5.75 Å². The second kappa shape index (κ2) is 9.82. The summed E-state index contributed by atoms with van der Waals surface area (Å²) >= 11 is 0. The highest BCUT2D eigenvalue weighted by molar-refractivity contribution is 5.78. The second-order valence-electron chi connectivity index (χ2n) is 5.39. The van der Waals surface area contributed by atoms with Gasteiger partial charge >= 0.3 is 5.97 Å². The smallest absolute Gasteiger partial charge is 0.303 e. The predicted molar refractivity (Wildman–Crippen MR) is 85.2 cm³/mol. The Kier molecular flexibility index (Phi) is 8.04. The van der Waals surface area contributed by atoms with Crippen molar-refractivity contribution in [3.05, 3.63) is 29.3 Å². The molecule has 0 bridgehead atoms. The summed E-state index contributed by atoms with van der Waals surface area (Å²) in [7, 11) is 1.62. The second-order valence-corrected chi connectivity index (χ2v) is 5.39. The highest BCUT2D eigenvalue weighted by Gasteiger charge is 2.05. The van der Waals surface area contributed by atoms with Crippen molar-refractivity contribution in [2.24, 2.45) is 0 Å². The summed E-state index contributed by atoms with van der Waals surface area (Å²) < 4.78 is 5.25. The highest BCUT2D eigenvalue weighted by Crippen LogP contribution is 2.19. The summed E-state index contributed by atoms with van der Waals surface area (Å²) in [4.78, 5) is 22.2. The van der Waals surface area contributed by atoms with E-state index >= 15 is 0 Å². The molecule has 0 aromatic heterocycles. The van der Waals surface area contributed by atoms with Crippen molar-refractivity contribution in [1.29, 1.82) is 0 Å². The van der Waals surface area contributed by atoms with Gasteiger partial charge in [-0.2, -0.15) is 0 Å². The molecular formula is C17H25NO4. The maximum atomic E-state index is 11.8. The first kappa shape index (κ1) is 18.0. The molecule has 1 amide bonds. The number of nitrogens with one attached hydrogen (secondary N) is 1. The Bertz CT molecular complexity index is 499. The Balaban J connectivity index is 2.19. The van der Waals surface area contributed by atoms with E-state index in [0.717, 1.165) is 36.1 Å². The van der Waals surface area contributed by atoms with Gasteiger partial charge in [0.1, 0.15) is 5.75 Å². The van der Waals surface area contributed by atoms with Crippen molar-refractivity contribution in [2.45, 2.75) is 45.4 Å². The lowest BCUT2D eigenvalue weighted by molar-refractivity contribution is -0.137. The number of carboxylic acid groups (broad SMARTS) is 1. The van der Waals surface area contributed by atoms with Gasteiger partial charge in [0.05, 0.1) is 13.5 Å². The third-order valence-corrected chi connectivity index (χ3v) is 3.48. The van der Waals surface area contributed by atoms with Gasteiger partial charge in [0.2, 0.25) is 5.91 Å². The van der Waals surface area contributed by atoms with Gasteiger partial charge in [-0.3, -0.25) is 9.59 Å². The average Bonchev–Trinajstić information content (AvgIpc) is 2.48. The summed E-state index contributed by atoms with van der Waals surface area (Å²) in [5.41, 5.74) is 1.98. The molecule has 0 atom stereocenters. The van der Waals surface area contributed by atoms with Crippen LogP contribution in [0.25, 0.3) is 0 Å². The van der Waals surface area contributed by atoms with Gasteiger partial charge in [-0.05, 0) is 37.0 Å². The third kappa shape index (κ3) is 7.11. The van der Waals surface area contributed by atoms with Crippen LogP contribution in [0.5, 0.6) is 5.75 Å². The van der Waals surface area contributed by atoms with Crippen LogP contribution in [0.15, 0.2) is 18.2 Å².